The van der Waals surface area contributed by atoms with Crippen LogP contribution < -0.4 is 4.74 Å². The fourth-order valence-electron chi connectivity index (χ4n) is 7.28. The summed E-state index contributed by atoms with van der Waals surface area (Å²) in [7, 11) is 0. The van der Waals surface area contributed by atoms with Gasteiger partial charge in [0, 0.05) is 24.4 Å². The Morgan fingerprint density at radius 3 is 2.33 bits per heavy atom. The molecule has 1 aromatic carbocycles. The standard InChI is InChI=1S/C25H30FNO3/c26-21-10-22(30-14-25-11-15-6-16(12-25)8-17(7-15)13-25)19(18-3-4-18)9-20(21)24(29)27-5-1-2-23(27)28/h9-10,15-18H,1-8,11-14H2. The molecule has 5 heteroatoms. The summed E-state index contributed by atoms with van der Waals surface area (Å²) in [5, 5.41) is 0. The number of benzene rings is 1. The molecule has 2 amide bonds. The first-order valence-corrected chi connectivity index (χ1v) is 11.8. The number of amides is 2. The lowest BCUT2D eigenvalue weighted by atomic mass is 9.50. The lowest BCUT2D eigenvalue weighted by molar-refractivity contribution is -0.125. The van der Waals surface area contributed by atoms with Crippen LogP contribution in [0.25, 0.3) is 0 Å². The summed E-state index contributed by atoms with van der Waals surface area (Å²) in [5.41, 5.74) is 1.24. The lowest BCUT2D eigenvalue weighted by Gasteiger charge is -2.56. The van der Waals surface area contributed by atoms with Gasteiger partial charge in [0.2, 0.25) is 5.91 Å². The third-order valence-corrected chi connectivity index (χ3v) is 8.36. The van der Waals surface area contributed by atoms with Crippen LogP contribution in [0.4, 0.5) is 4.39 Å². The molecular formula is C25H30FNO3. The third-order valence-electron chi connectivity index (χ3n) is 8.36. The molecule has 1 aromatic rings. The van der Waals surface area contributed by atoms with E-state index in [0.717, 1.165) is 36.2 Å². The van der Waals surface area contributed by atoms with Crippen molar-refractivity contribution in [2.45, 2.75) is 70.1 Å². The molecule has 0 atom stereocenters. The molecule has 6 fully saturated rings. The van der Waals surface area contributed by atoms with Crippen molar-refractivity contribution < 1.29 is 18.7 Å². The number of rotatable bonds is 5. The summed E-state index contributed by atoms with van der Waals surface area (Å²) in [5.74, 6) is 2.28. The lowest BCUT2D eigenvalue weighted by Crippen LogP contribution is -2.48. The average Bonchev–Trinajstić information content (AvgIpc) is 3.45. The highest BCUT2D eigenvalue weighted by molar-refractivity contribution is 6.05. The van der Waals surface area contributed by atoms with Crippen LogP contribution in [-0.4, -0.2) is 29.9 Å². The number of likely N-dealkylation sites (tertiary alicyclic amines) is 1. The van der Waals surface area contributed by atoms with Gasteiger partial charge in [-0.3, -0.25) is 14.5 Å². The molecule has 6 aliphatic rings. The van der Waals surface area contributed by atoms with E-state index in [2.05, 4.69) is 0 Å². The molecule has 4 bridgehead atoms. The Kier molecular flexibility index (Phi) is 4.26. The minimum atomic E-state index is -0.565. The number of hydrogen-bond donors (Lipinski definition) is 0. The predicted molar refractivity (Wildman–Crippen MR) is 110 cm³/mol. The Bertz CT molecular complexity index is 871. The molecular weight excluding hydrogens is 381 g/mol. The van der Waals surface area contributed by atoms with Gasteiger partial charge in [0.05, 0.1) is 12.2 Å². The van der Waals surface area contributed by atoms with Gasteiger partial charge >= 0.3 is 0 Å². The van der Waals surface area contributed by atoms with Gasteiger partial charge in [-0.05, 0) is 93.1 Å². The van der Waals surface area contributed by atoms with Crippen molar-refractivity contribution in [1.29, 1.82) is 0 Å². The maximum atomic E-state index is 15.0. The SMILES string of the molecule is O=C1CCCN1C(=O)c1cc(C2CC2)c(OCC23CC4CC(CC(C4)C2)C3)cc1F. The zero-order valence-electron chi connectivity index (χ0n) is 17.5. The molecule has 5 saturated carbocycles. The van der Waals surface area contributed by atoms with E-state index in [1.165, 1.54) is 49.5 Å². The summed E-state index contributed by atoms with van der Waals surface area (Å²) < 4.78 is 21.3. The quantitative estimate of drug-likeness (QED) is 0.636. The second-order valence-corrected chi connectivity index (χ2v) is 10.8. The molecule has 30 heavy (non-hydrogen) atoms. The van der Waals surface area contributed by atoms with E-state index in [1.807, 2.05) is 0 Å². The van der Waals surface area contributed by atoms with E-state index in [4.69, 9.17) is 4.74 Å². The van der Waals surface area contributed by atoms with Crippen LogP contribution in [0, 0.1) is 29.0 Å². The minimum Gasteiger partial charge on any atom is -0.493 e. The second-order valence-electron chi connectivity index (χ2n) is 10.8. The molecule has 0 aromatic heterocycles. The summed E-state index contributed by atoms with van der Waals surface area (Å²) in [4.78, 5) is 26.0. The van der Waals surface area contributed by atoms with Crippen molar-refractivity contribution in [1.82, 2.24) is 4.90 Å². The number of ether oxygens (including phenoxy) is 1. The van der Waals surface area contributed by atoms with Crippen molar-refractivity contribution in [2.75, 3.05) is 13.2 Å². The number of imide groups is 1. The number of carbonyl (C=O) groups is 2. The third kappa shape index (κ3) is 3.16. The number of carbonyl (C=O) groups excluding carboxylic acids is 2. The normalized spacial score (nSPS) is 34.6. The first-order chi connectivity index (χ1) is 14.5. The maximum absolute atomic E-state index is 15.0. The van der Waals surface area contributed by atoms with E-state index < -0.39 is 11.7 Å². The highest BCUT2D eigenvalue weighted by Crippen LogP contribution is 2.60. The van der Waals surface area contributed by atoms with Crippen LogP contribution in [0.5, 0.6) is 5.75 Å². The zero-order chi connectivity index (χ0) is 20.5. The van der Waals surface area contributed by atoms with Crippen LogP contribution in [0.2, 0.25) is 0 Å². The Morgan fingerprint density at radius 1 is 1.10 bits per heavy atom. The van der Waals surface area contributed by atoms with E-state index >= 15 is 0 Å². The van der Waals surface area contributed by atoms with Gasteiger partial charge < -0.3 is 4.74 Å². The van der Waals surface area contributed by atoms with Crippen molar-refractivity contribution >= 4 is 11.8 Å². The monoisotopic (exact) mass is 411 g/mol. The van der Waals surface area contributed by atoms with E-state index in [-0.39, 0.29) is 16.9 Å². The number of nitrogens with zero attached hydrogens (tertiary/aromatic N) is 1. The Balaban J connectivity index is 1.25. The average molecular weight is 412 g/mol. The van der Waals surface area contributed by atoms with Crippen molar-refractivity contribution in [3.05, 3.63) is 29.1 Å². The largest absolute Gasteiger partial charge is 0.493 e. The number of hydrogen-bond acceptors (Lipinski definition) is 3. The zero-order valence-corrected chi connectivity index (χ0v) is 17.5. The van der Waals surface area contributed by atoms with E-state index in [9.17, 15) is 14.0 Å². The van der Waals surface area contributed by atoms with Crippen LogP contribution >= 0.6 is 0 Å². The molecule has 5 aliphatic carbocycles. The highest BCUT2D eigenvalue weighted by atomic mass is 19.1. The topological polar surface area (TPSA) is 46.6 Å². The minimum absolute atomic E-state index is 0.0225. The van der Waals surface area contributed by atoms with Crippen molar-refractivity contribution in [2.24, 2.45) is 23.2 Å². The molecule has 1 heterocycles. The van der Waals surface area contributed by atoms with Crippen LogP contribution in [-0.2, 0) is 4.79 Å². The molecule has 0 spiro atoms. The van der Waals surface area contributed by atoms with Gasteiger partial charge in [-0.2, -0.15) is 0 Å². The van der Waals surface area contributed by atoms with Gasteiger partial charge in [0.15, 0.2) is 0 Å². The van der Waals surface area contributed by atoms with Crippen LogP contribution in [0.1, 0.15) is 86.0 Å². The Labute approximate surface area is 177 Å². The first-order valence-electron chi connectivity index (χ1n) is 11.8. The van der Waals surface area contributed by atoms with Gasteiger partial charge in [-0.15, -0.1) is 0 Å². The Hall–Kier alpha value is -1.91. The molecule has 0 radical (unpaired) electrons. The fraction of sp³-hybridized carbons (Fsp3) is 0.680. The van der Waals surface area contributed by atoms with Gasteiger partial charge in [-0.1, -0.05) is 0 Å². The number of halogens is 1. The van der Waals surface area contributed by atoms with Gasteiger partial charge in [0.1, 0.15) is 11.6 Å². The summed E-state index contributed by atoms with van der Waals surface area (Å²) in [6.07, 6.45) is 11.1. The highest BCUT2D eigenvalue weighted by Gasteiger charge is 2.51. The Morgan fingerprint density at radius 2 is 1.77 bits per heavy atom. The molecule has 160 valence electrons. The van der Waals surface area contributed by atoms with Crippen LogP contribution in [0.3, 0.4) is 0 Å². The summed E-state index contributed by atoms with van der Waals surface area (Å²) in [6.45, 7) is 1.06. The predicted octanol–water partition coefficient (Wildman–Crippen LogP) is 5.06. The molecule has 4 nitrogen and oxygen atoms in total. The molecule has 0 N–H and O–H groups in total. The smallest absolute Gasteiger partial charge is 0.263 e. The summed E-state index contributed by atoms with van der Waals surface area (Å²) >= 11 is 0. The van der Waals surface area contributed by atoms with Crippen molar-refractivity contribution in [3.63, 3.8) is 0 Å². The van der Waals surface area contributed by atoms with Crippen LogP contribution in [0.15, 0.2) is 12.1 Å². The molecule has 1 saturated heterocycles. The van der Waals surface area contributed by atoms with Crippen molar-refractivity contribution in [3.8, 4) is 5.75 Å². The molecule has 0 unspecified atom stereocenters. The fourth-order valence-corrected chi connectivity index (χ4v) is 7.28. The van der Waals surface area contributed by atoms with Gasteiger partial charge in [0.25, 0.3) is 5.91 Å². The first kappa shape index (κ1) is 18.8. The maximum Gasteiger partial charge on any atom is 0.263 e. The molecule has 1 aliphatic heterocycles. The second kappa shape index (κ2) is 6.80. The van der Waals surface area contributed by atoms with Gasteiger partial charge in [-0.25, -0.2) is 4.39 Å². The molecule has 7 rings (SSSR count). The van der Waals surface area contributed by atoms with E-state index in [0.29, 0.717) is 37.7 Å². The van der Waals surface area contributed by atoms with E-state index in [1.54, 1.807) is 6.07 Å². The summed E-state index contributed by atoms with van der Waals surface area (Å²) in [6, 6.07) is 3.10.